The average Bonchev–Trinajstić information content (AvgIpc) is 2.34. The van der Waals surface area contributed by atoms with E-state index in [9.17, 15) is 13.2 Å². The summed E-state index contributed by atoms with van der Waals surface area (Å²) >= 11 is 0. The summed E-state index contributed by atoms with van der Waals surface area (Å²) < 4.78 is 46.0. The minimum Gasteiger partial charge on any atom is -0.406 e. The first-order chi connectivity index (χ1) is 8.96. The molecule has 0 N–H and O–H groups in total. The van der Waals surface area contributed by atoms with E-state index in [1.807, 2.05) is 6.07 Å². The second-order valence-corrected chi connectivity index (χ2v) is 4.48. The molecule has 1 aliphatic rings. The molecule has 1 heterocycles. The number of alkyl halides is 3. The number of ether oxygens (including phenoxy) is 2. The third kappa shape index (κ3) is 4.11. The Morgan fingerprint density at radius 3 is 2.58 bits per heavy atom. The van der Waals surface area contributed by atoms with Gasteiger partial charge in [-0.1, -0.05) is 12.1 Å². The molecule has 1 aliphatic heterocycles. The molecule has 0 unspecified atom stereocenters. The third-order valence-electron chi connectivity index (χ3n) is 3.12. The van der Waals surface area contributed by atoms with Crippen LogP contribution in [-0.4, -0.2) is 37.6 Å². The number of morpholine rings is 1. The second kappa shape index (κ2) is 5.79. The molecule has 0 radical (unpaired) electrons. The molecule has 1 aromatic rings. The van der Waals surface area contributed by atoms with E-state index in [0.717, 1.165) is 18.7 Å². The van der Waals surface area contributed by atoms with E-state index in [1.165, 1.54) is 6.07 Å². The van der Waals surface area contributed by atoms with Gasteiger partial charge in [-0.05, 0) is 24.1 Å². The number of halogens is 3. The summed E-state index contributed by atoms with van der Waals surface area (Å²) in [5, 5.41) is 0. The molecule has 0 atom stereocenters. The van der Waals surface area contributed by atoms with Crippen LogP contribution in [0.3, 0.4) is 0 Å². The van der Waals surface area contributed by atoms with E-state index < -0.39 is 6.36 Å². The Hall–Kier alpha value is -1.27. The van der Waals surface area contributed by atoms with Gasteiger partial charge in [-0.2, -0.15) is 0 Å². The van der Waals surface area contributed by atoms with Crippen LogP contribution in [0.4, 0.5) is 13.2 Å². The van der Waals surface area contributed by atoms with E-state index in [4.69, 9.17) is 4.74 Å². The Balaban J connectivity index is 2.10. The topological polar surface area (TPSA) is 21.7 Å². The van der Waals surface area contributed by atoms with Crippen molar-refractivity contribution in [3.8, 4) is 5.75 Å². The van der Waals surface area contributed by atoms with Crippen molar-refractivity contribution < 1.29 is 22.6 Å². The molecule has 106 valence electrons. The van der Waals surface area contributed by atoms with Crippen LogP contribution in [0.15, 0.2) is 18.2 Å². The molecule has 0 bridgehead atoms. The van der Waals surface area contributed by atoms with Crippen LogP contribution in [-0.2, 0) is 11.3 Å². The van der Waals surface area contributed by atoms with Gasteiger partial charge in [-0.3, -0.25) is 4.90 Å². The van der Waals surface area contributed by atoms with Crippen molar-refractivity contribution in [2.75, 3.05) is 26.3 Å². The fraction of sp³-hybridized carbons (Fsp3) is 0.538. The van der Waals surface area contributed by atoms with Gasteiger partial charge in [0.15, 0.2) is 0 Å². The van der Waals surface area contributed by atoms with Gasteiger partial charge < -0.3 is 9.47 Å². The normalized spacial score (nSPS) is 17.5. The molecule has 1 saturated heterocycles. The molecule has 2 rings (SSSR count). The standard InChI is InChI=1S/C13H16F3NO2/c1-10-11(9-17-5-7-18-8-6-17)3-2-4-12(10)19-13(14,15)16/h2-4H,5-9H2,1H3. The summed E-state index contributed by atoms with van der Waals surface area (Å²) in [6, 6.07) is 4.75. The minimum absolute atomic E-state index is 0.127. The van der Waals surface area contributed by atoms with Crippen molar-refractivity contribution in [3.05, 3.63) is 29.3 Å². The molecule has 0 aromatic heterocycles. The molecule has 0 saturated carbocycles. The van der Waals surface area contributed by atoms with Gasteiger partial charge in [0.25, 0.3) is 0 Å². The van der Waals surface area contributed by atoms with Crippen LogP contribution in [0.2, 0.25) is 0 Å². The van der Waals surface area contributed by atoms with Crippen LogP contribution < -0.4 is 4.74 Å². The maximum absolute atomic E-state index is 12.3. The highest BCUT2D eigenvalue weighted by Gasteiger charge is 2.32. The number of benzene rings is 1. The Labute approximate surface area is 109 Å². The van der Waals surface area contributed by atoms with Gasteiger partial charge in [0.1, 0.15) is 5.75 Å². The molecular formula is C13H16F3NO2. The molecule has 0 amide bonds. The Kier molecular flexibility index (Phi) is 4.31. The first-order valence-corrected chi connectivity index (χ1v) is 6.10. The molecule has 6 heteroatoms. The Morgan fingerprint density at radius 1 is 1.26 bits per heavy atom. The van der Waals surface area contributed by atoms with Crippen LogP contribution in [0.1, 0.15) is 11.1 Å². The summed E-state index contributed by atoms with van der Waals surface area (Å²) in [5.74, 6) is -0.127. The Bertz CT molecular complexity index is 428. The van der Waals surface area contributed by atoms with Crippen molar-refractivity contribution in [1.29, 1.82) is 0 Å². The highest BCUT2D eigenvalue weighted by atomic mass is 19.4. The van der Waals surface area contributed by atoms with Crippen molar-refractivity contribution in [2.24, 2.45) is 0 Å². The predicted molar refractivity (Wildman–Crippen MR) is 64.0 cm³/mol. The van der Waals surface area contributed by atoms with E-state index in [0.29, 0.717) is 25.3 Å². The number of hydrogen-bond donors (Lipinski definition) is 0. The van der Waals surface area contributed by atoms with E-state index in [2.05, 4.69) is 9.64 Å². The first-order valence-electron chi connectivity index (χ1n) is 6.10. The van der Waals surface area contributed by atoms with E-state index >= 15 is 0 Å². The lowest BCUT2D eigenvalue weighted by Gasteiger charge is -2.27. The summed E-state index contributed by atoms with van der Waals surface area (Å²) in [5.41, 5.74) is 1.38. The van der Waals surface area contributed by atoms with Crippen LogP contribution >= 0.6 is 0 Å². The largest absolute Gasteiger partial charge is 0.573 e. The predicted octanol–water partition coefficient (Wildman–Crippen LogP) is 2.73. The SMILES string of the molecule is Cc1c(CN2CCOCC2)cccc1OC(F)(F)F. The highest BCUT2D eigenvalue weighted by molar-refractivity contribution is 5.39. The maximum Gasteiger partial charge on any atom is 0.573 e. The summed E-state index contributed by atoms with van der Waals surface area (Å²) in [4.78, 5) is 2.16. The van der Waals surface area contributed by atoms with Crippen LogP contribution in [0.25, 0.3) is 0 Å². The second-order valence-electron chi connectivity index (χ2n) is 4.48. The smallest absolute Gasteiger partial charge is 0.406 e. The lowest BCUT2D eigenvalue weighted by Crippen LogP contribution is -2.35. The summed E-state index contributed by atoms with van der Waals surface area (Å²) in [6.07, 6.45) is -4.65. The van der Waals surface area contributed by atoms with Gasteiger partial charge in [-0.15, -0.1) is 13.2 Å². The monoisotopic (exact) mass is 275 g/mol. The van der Waals surface area contributed by atoms with Crippen molar-refractivity contribution in [2.45, 2.75) is 19.8 Å². The van der Waals surface area contributed by atoms with Gasteiger partial charge in [0.2, 0.25) is 0 Å². The molecule has 0 spiro atoms. The molecular weight excluding hydrogens is 259 g/mol. The quantitative estimate of drug-likeness (QED) is 0.846. The van der Waals surface area contributed by atoms with Crippen LogP contribution in [0.5, 0.6) is 5.75 Å². The molecule has 19 heavy (non-hydrogen) atoms. The summed E-state index contributed by atoms with van der Waals surface area (Å²) in [7, 11) is 0. The fourth-order valence-electron chi connectivity index (χ4n) is 2.07. The maximum atomic E-state index is 12.3. The molecule has 0 aliphatic carbocycles. The molecule has 1 aromatic carbocycles. The highest BCUT2D eigenvalue weighted by Crippen LogP contribution is 2.28. The zero-order valence-corrected chi connectivity index (χ0v) is 10.7. The minimum atomic E-state index is -4.65. The van der Waals surface area contributed by atoms with E-state index in [-0.39, 0.29) is 5.75 Å². The van der Waals surface area contributed by atoms with Gasteiger partial charge in [0, 0.05) is 19.6 Å². The van der Waals surface area contributed by atoms with Gasteiger partial charge >= 0.3 is 6.36 Å². The van der Waals surface area contributed by atoms with Crippen molar-refractivity contribution in [1.82, 2.24) is 4.90 Å². The number of rotatable bonds is 3. The van der Waals surface area contributed by atoms with E-state index in [1.54, 1.807) is 13.0 Å². The van der Waals surface area contributed by atoms with Crippen LogP contribution in [0, 0.1) is 6.92 Å². The zero-order valence-electron chi connectivity index (χ0n) is 10.7. The van der Waals surface area contributed by atoms with Crippen molar-refractivity contribution in [3.63, 3.8) is 0 Å². The van der Waals surface area contributed by atoms with Gasteiger partial charge in [-0.25, -0.2) is 0 Å². The molecule has 3 nitrogen and oxygen atoms in total. The third-order valence-corrected chi connectivity index (χ3v) is 3.12. The lowest BCUT2D eigenvalue weighted by molar-refractivity contribution is -0.274. The van der Waals surface area contributed by atoms with Crippen molar-refractivity contribution >= 4 is 0 Å². The fourth-order valence-corrected chi connectivity index (χ4v) is 2.07. The van der Waals surface area contributed by atoms with Gasteiger partial charge in [0.05, 0.1) is 13.2 Å². The average molecular weight is 275 g/mol. The lowest BCUT2D eigenvalue weighted by atomic mass is 10.1. The first kappa shape index (κ1) is 14.1. The Morgan fingerprint density at radius 2 is 1.95 bits per heavy atom. The number of nitrogens with zero attached hydrogens (tertiary/aromatic N) is 1. The molecule has 1 fully saturated rings. The summed E-state index contributed by atoms with van der Waals surface area (Å²) in [6.45, 7) is 5.18. The number of hydrogen-bond acceptors (Lipinski definition) is 3. The zero-order chi connectivity index (χ0) is 13.9.